The van der Waals surface area contributed by atoms with Gasteiger partial charge in [0.1, 0.15) is 0 Å². The van der Waals surface area contributed by atoms with Crippen molar-refractivity contribution in [2.45, 2.75) is 13.8 Å². The van der Waals surface area contributed by atoms with Crippen LogP contribution in [0, 0.1) is 0 Å². The molecule has 0 fully saturated rings. The van der Waals surface area contributed by atoms with E-state index in [0.717, 1.165) is 33.4 Å². The van der Waals surface area contributed by atoms with E-state index in [0.29, 0.717) is 11.1 Å². The van der Waals surface area contributed by atoms with Crippen molar-refractivity contribution in [1.82, 2.24) is 0 Å². The number of hydrogen-bond donors (Lipinski definition) is 2. The number of aliphatic carboxylic acids is 2. The van der Waals surface area contributed by atoms with Crippen LogP contribution in [-0.4, -0.2) is 22.2 Å². The lowest BCUT2D eigenvalue weighted by molar-refractivity contribution is -0.133. The predicted octanol–water partition coefficient (Wildman–Crippen LogP) is 6.00. The Hall–Kier alpha value is -3.92. The minimum absolute atomic E-state index is 0.298. The molecular formula is C26H22O4. The van der Waals surface area contributed by atoms with Gasteiger partial charge in [-0.15, -0.1) is 0 Å². The molecule has 4 nitrogen and oxygen atoms in total. The minimum atomic E-state index is -0.921. The van der Waals surface area contributed by atoms with Gasteiger partial charge in [-0.1, -0.05) is 72.8 Å². The zero-order valence-electron chi connectivity index (χ0n) is 16.8. The van der Waals surface area contributed by atoms with Gasteiger partial charge in [-0.05, 0) is 59.4 Å². The van der Waals surface area contributed by atoms with E-state index in [1.165, 1.54) is 0 Å². The van der Waals surface area contributed by atoms with Gasteiger partial charge in [0.05, 0.1) is 0 Å². The summed E-state index contributed by atoms with van der Waals surface area (Å²) in [6, 6.07) is 23.7. The first-order valence-electron chi connectivity index (χ1n) is 9.47. The molecule has 0 aliphatic rings. The summed E-state index contributed by atoms with van der Waals surface area (Å²) in [5.74, 6) is -1.84. The SMILES string of the molecule is CC(=Cc1ccc(-c2ccc(-c3ccc(C=C(C)C(=O)O)cc3)cc2)cc1)C(=O)O. The highest BCUT2D eigenvalue weighted by atomic mass is 16.4. The molecule has 0 unspecified atom stereocenters. The highest BCUT2D eigenvalue weighted by Gasteiger charge is 2.04. The van der Waals surface area contributed by atoms with Crippen molar-refractivity contribution < 1.29 is 19.8 Å². The summed E-state index contributed by atoms with van der Waals surface area (Å²) in [4.78, 5) is 21.9. The van der Waals surface area contributed by atoms with Gasteiger partial charge in [0.2, 0.25) is 0 Å². The second-order valence-electron chi connectivity index (χ2n) is 7.09. The van der Waals surface area contributed by atoms with Crippen molar-refractivity contribution in [3.05, 3.63) is 95.1 Å². The maximum absolute atomic E-state index is 10.9. The zero-order chi connectivity index (χ0) is 21.7. The average Bonchev–Trinajstić information content (AvgIpc) is 2.75. The lowest BCUT2D eigenvalue weighted by Gasteiger charge is -2.06. The highest BCUT2D eigenvalue weighted by molar-refractivity contribution is 5.92. The molecule has 0 aliphatic carbocycles. The summed E-state index contributed by atoms with van der Waals surface area (Å²) < 4.78 is 0. The molecule has 3 aromatic carbocycles. The molecular weight excluding hydrogens is 376 g/mol. The summed E-state index contributed by atoms with van der Waals surface area (Å²) in [6.07, 6.45) is 3.29. The molecule has 0 bridgehead atoms. The topological polar surface area (TPSA) is 74.6 Å². The molecule has 150 valence electrons. The van der Waals surface area contributed by atoms with Gasteiger partial charge < -0.3 is 10.2 Å². The first-order valence-corrected chi connectivity index (χ1v) is 9.47. The van der Waals surface area contributed by atoms with Crippen LogP contribution in [0.4, 0.5) is 0 Å². The van der Waals surface area contributed by atoms with Crippen molar-refractivity contribution in [2.24, 2.45) is 0 Å². The Labute approximate surface area is 175 Å². The van der Waals surface area contributed by atoms with E-state index in [9.17, 15) is 9.59 Å². The molecule has 0 saturated carbocycles. The molecule has 30 heavy (non-hydrogen) atoms. The number of rotatable bonds is 6. The van der Waals surface area contributed by atoms with E-state index in [2.05, 4.69) is 0 Å². The summed E-state index contributed by atoms with van der Waals surface area (Å²) in [5.41, 5.74) is 6.54. The van der Waals surface area contributed by atoms with Crippen LogP contribution in [0.1, 0.15) is 25.0 Å². The third-order valence-electron chi connectivity index (χ3n) is 4.81. The molecule has 0 heterocycles. The monoisotopic (exact) mass is 398 g/mol. The predicted molar refractivity (Wildman–Crippen MR) is 120 cm³/mol. The maximum Gasteiger partial charge on any atom is 0.331 e. The van der Waals surface area contributed by atoms with Gasteiger partial charge in [-0.2, -0.15) is 0 Å². The standard InChI is InChI=1S/C26H22O4/c1-17(25(27)28)15-19-3-7-21(8-4-19)23-11-13-24(14-12-23)22-9-5-20(6-10-22)16-18(2)26(29)30/h3-16H,1-2H3,(H,27,28)(H,29,30). The lowest BCUT2D eigenvalue weighted by Crippen LogP contribution is -1.95. The molecule has 0 aliphatic heterocycles. The van der Waals surface area contributed by atoms with Crippen molar-refractivity contribution in [1.29, 1.82) is 0 Å². The van der Waals surface area contributed by atoms with E-state index in [-0.39, 0.29) is 0 Å². The van der Waals surface area contributed by atoms with Gasteiger partial charge in [0.15, 0.2) is 0 Å². The van der Waals surface area contributed by atoms with Gasteiger partial charge in [-0.3, -0.25) is 0 Å². The normalized spacial score (nSPS) is 11.9. The quantitative estimate of drug-likeness (QED) is 0.500. The number of hydrogen-bond acceptors (Lipinski definition) is 2. The fourth-order valence-electron chi connectivity index (χ4n) is 3.02. The van der Waals surface area contributed by atoms with E-state index in [1.54, 1.807) is 26.0 Å². The van der Waals surface area contributed by atoms with E-state index in [4.69, 9.17) is 10.2 Å². The van der Waals surface area contributed by atoms with Gasteiger partial charge >= 0.3 is 11.9 Å². The molecule has 4 heteroatoms. The Balaban J connectivity index is 1.76. The van der Waals surface area contributed by atoms with Gasteiger partial charge in [0.25, 0.3) is 0 Å². The van der Waals surface area contributed by atoms with Crippen molar-refractivity contribution in [3.63, 3.8) is 0 Å². The summed E-state index contributed by atoms with van der Waals surface area (Å²) in [7, 11) is 0. The first-order chi connectivity index (χ1) is 14.3. The molecule has 0 saturated heterocycles. The molecule has 0 aromatic heterocycles. The van der Waals surface area contributed by atoms with Gasteiger partial charge in [0, 0.05) is 11.1 Å². The Kier molecular flexibility index (Phi) is 6.28. The average molecular weight is 398 g/mol. The molecule has 0 amide bonds. The Morgan fingerprint density at radius 1 is 0.533 bits per heavy atom. The fraction of sp³-hybridized carbons (Fsp3) is 0.0769. The Morgan fingerprint density at radius 3 is 1.00 bits per heavy atom. The number of carboxylic acids is 2. The van der Waals surface area contributed by atoms with Crippen LogP contribution in [-0.2, 0) is 9.59 Å². The van der Waals surface area contributed by atoms with E-state index in [1.807, 2.05) is 72.8 Å². The first kappa shape index (κ1) is 20.8. The molecule has 0 radical (unpaired) electrons. The van der Waals surface area contributed by atoms with Crippen LogP contribution in [0.3, 0.4) is 0 Å². The largest absolute Gasteiger partial charge is 0.478 e. The van der Waals surface area contributed by atoms with Crippen LogP contribution >= 0.6 is 0 Å². The van der Waals surface area contributed by atoms with Crippen molar-refractivity contribution in [2.75, 3.05) is 0 Å². The van der Waals surface area contributed by atoms with Crippen LogP contribution in [0.15, 0.2) is 83.9 Å². The van der Waals surface area contributed by atoms with Gasteiger partial charge in [-0.25, -0.2) is 9.59 Å². The summed E-state index contributed by atoms with van der Waals surface area (Å²) in [6.45, 7) is 3.15. The summed E-state index contributed by atoms with van der Waals surface area (Å²) in [5, 5.41) is 18.0. The van der Waals surface area contributed by atoms with Crippen LogP contribution in [0.5, 0.6) is 0 Å². The third-order valence-corrected chi connectivity index (χ3v) is 4.81. The number of benzene rings is 3. The van der Waals surface area contributed by atoms with Crippen LogP contribution in [0.2, 0.25) is 0 Å². The molecule has 0 spiro atoms. The van der Waals surface area contributed by atoms with Crippen LogP contribution < -0.4 is 0 Å². The third kappa shape index (κ3) is 5.11. The second-order valence-corrected chi connectivity index (χ2v) is 7.09. The number of carbonyl (C=O) groups is 2. The second kappa shape index (κ2) is 9.05. The molecule has 3 aromatic rings. The van der Waals surface area contributed by atoms with Crippen LogP contribution in [0.25, 0.3) is 34.4 Å². The van der Waals surface area contributed by atoms with E-state index < -0.39 is 11.9 Å². The lowest BCUT2D eigenvalue weighted by atomic mass is 9.98. The van der Waals surface area contributed by atoms with Crippen molar-refractivity contribution in [3.8, 4) is 22.3 Å². The fourth-order valence-corrected chi connectivity index (χ4v) is 3.02. The smallest absolute Gasteiger partial charge is 0.331 e. The van der Waals surface area contributed by atoms with E-state index >= 15 is 0 Å². The zero-order valence-corrected chi connectivity index (χ0v) is 16.8. The Bertz CT molecular complexity index is 1020. The highest BCUT2D eigenvalue weighted by Crippen LogP contribution is 2.26. The maximum atomic E-state index is 10.9. The Morgan fingerprint density at radius 2 is 0.767 bits per heavy atom. The number of carboxylic acid groups (broad SMARTS) is 2. The molecule has 2 N–H and O–H groups in total. The summed E-state index contributed by atoms with van der Waals surface area (Å²) >= 11 is 0. The minimum Gasteiger partial charge on any atom is -0.478 e. The van der Waals surface area contributed by atoms with Crippen molar-refractivity contribution >= 4 is 24.1 Å². The molecule has 3 rings (SSSR count). The molecule has 0 atom stereocenters.